The molecule has 0 aromatic carbocycles. The van der Waals surface area contributed by atoms with Gasteiger partial charge in [0, 0.05) is 0 Å². The van der Waals surface area contributed by atoms with Gasteiger partial charge in [-0.25, -0.2) is 0 Å². The number of hydrogen-bond acceptors (Lipinski definition) is 7. The van der Waals surface area contributed by atoms with Gasteiger partial charge >= 0.3 is 0 Å². The Kier molecular flexibility index (Phi) is 6.98. The lowest BCUT2D eigenvalue weighted by atomic mass is 10.3. The van der Waals surface area contributed by atoms with Gasteiger partial charge in [-0.05, 0) is 12.1 Å². The Bertz CT molecular complexity index is 372. The zero-order valence-corrected chi connectivity index (χ0v) is 10.4. The van der Waals surface area contributed by atoms with Crippen LogP contribution >= 0.6 is 0 Å². The van der Waals surface area contributed by atoms with E-state index in [1.54, 1.807) is 12.1 Å². The van der Waals surface area contributed by atoms with E-state index in [1.165, 1.54) is 12.4 Å². The van der Waals surface area contributed by atoms with Crippen molar-refractivity contribution in [3.05, 3.63) is 23.7 Å². The Balaban J connectivity index is 2.62. The fraction of sp³-hybridized carbons (Fsp3) is 0.500. The van der Waals surface area contributed by atoms with Gasteiger partial charge < -0.3 is 24.8 Å². The van der Waals surface area contributed by atoms with Crippen LogP contribution in [0.4, 0.5) is 0 Å². The van der Waals surface area contributed by atoms with E-state index < -0.39 is 12.1 Å². The highest BCUT2D eigenvalue weighted by atomic mass is 16.3. The topological polar surface area (TPSA) is 119 Å². The van der Waals surface area contributed by atoms with Gasteiger partial charge in [-0.15, -0.1) is 0 Å². The third kappa shape index (κ3) is 5.31. The summed E-state index contributed by atoms with van der Waals surface area (Å²) in [6, 6.07) is 2.19. The summed E-state index contributed by atoms with van der Waals surface area (Å²) >= 11 is 0. The van der Waals surface area contributed by atoms with Gasteiger partial charge in [0.05, 0.1) is 50.9 Å². The third-order valence-electron chi connectivity index (χ3n) is 2.32. The normalized spacial score (nSPS) is 12.5. The second-order valence-corrected chi connectivity index (χ2v) is 3.83. The van der Waals surface area contributed by atoms with E-state index in [4.69, 9.17) is 24.8 Å². The Morgan fingerprint density at radius 2 is 1.21 bits per heavy atom. The molecule has 0 amide bonds. The maximum atomic E-state index is 8.84. The number of aliphatic hydroxyl groups is 4. The lowest BCUT2D eigenvalue weighted by Gasteiger charge is -2.02. The number of aliphatic hydroxyl groups excluding tert-OH is 4. The quantitative estimate of drug-likeness (QED) is 0.444. The largest absolute Gasteiger partial charge is 0.454 e. The van der Waals surface area contributed by atoms with E-state index in [9.17, 15) is 0 Å². The molecule has 0 bridgehead atoms. The average molecular weight is 270 g/mol. The van der Waals surface area contributed by atoms with E-state index in [0.29, 0.717) is 11.5 Å². The van der Waals surface area contributed by atoms with Gasteiger partial charge in [0.1, 0.15) is 11.5 Å². The molecule has 0 radical (unpaired) electrons. The second kappa shape index (κ2) is 8.54. The summed E-state index contributed by atoms with van der Waals surface area (Å²) in [5.74, 6) is 0.913. The van der Waals surface area contributed by atoms with Crippen LogP contribution in [0.15, 0.2) is 26.5 Å². The number of nitrogens with zero attached hydrogens (tertiary/aromatic N) is 2. The van der Waals surface area contributed by atoms with Crippen molar-refractivity contribution in [1.82, 2.24) is 0 Å². The first-order chi connectivity index (χ1) is 9.23. The van der Waals surface area contributed by atoms with Crippen molar-refractivity contribution in [3.63, 3.8) is 0 Å². The van der Waals surface area contributed by atoms with Crippen LogP contribution < -0.4 is 0 Å². The second-order valence-electron chi connectivity index (χ2n) is 3.83. The van der Waals surface area contributed by atoms with E-state index in [0.717, 1.165) is 0 Å². The van der Waals surface area contributed by atoms with Crippen molar-refractivity contribution in [1.29, 1.82) is 0 Å². The van der Waals surface area contributed by atoms with Gasteiger partial charge in [0.15, 0.2) is 0 Å². The smallest absolute Gasteiger partial charge is 0.145 e. The Morgan fingerprint density at radius 3 is 1.53 bits per heavy atom. The fourth-order valence-corrected chi connectivity index (χ4v) is 1.17. The molecule has 0 atom stereocenters. The van der Waals surface area contributed by atoms with Crippen LogP contribution in [0.2, 0.25) is 0 Å². The first-order valence-corrected chi connectivity index (χ1v) is 5.83. The number of aliphatic imine (C=N–C) groups is 2. The molecule has 19 heavy (non-hydrogen) atoms. The number of furan rings is 1. The zero-order valence-electron chi connectivity index (χ0n) is 10.4. The number of rotatable bonds is 8. The molecule has 4 N–H and O–H groups in total. The van der Waals surface area contributed by atoms with Gasteiger partial charge in [0.2, 0.25) is 0 Å². The van der Waals surface area contributed by atoms with Gasteiger partial charge in [0.25, 0.3) is 0 Å². The molecule has 0 aliphatic rings. The molecule has 1 aromatic heterocycles. The summed E-state index contributed by atoms with van der Waals surface area (Å²) in [6.07, 6.45) is 2.81. The highest BCUT2D eigenvalue weighted by molar-refractivity contribution is 5.81. The lowest BCUT2D eigenvalue weighted by Crippen LogP contribution is -2.15. The van der Waals surface area contributed by atoms with Crippen molar-refractivity contribution >= 4 is 12.4 Å². The van der Waals surface area contributed by atoms with Crippen LogP contribution in [-0.4, -0.2) is 71.4 Å². The maximum absolute atomic E-state index is 8.84. The molecule has 0 saturated heterocycles. The summed E-state index contributed by atoms with van der Waals surface area (Å²) in [4.78, 5) is 7.86. The molecule has 7 nitrogen and oxygen atoms in total. The fourth-order valence-electron chi connectivity index (χ4n) is 1.17. The minimum atomic E-state index is -0.560. The minimum Gasteiger partial charge on any atom is -0.454 e. The maximum Gasteiger partial charge on any atom is 0.145 e. The highest BCUT2D eigenvalue weighted by Gasteiger charge is 2.04. The summed E-state index contributed by atoms with van der Waals surface area (Å²) in [7, 11) is 0. The van der Waals surface area contributed by atoms with E-state index >= 15 is 0 Å². The first kappa shape index (κ1) is 15.5. The molecule has 0 saturated carbocycles. The number of hydrogen-bond donors (Lipinski definition) is 4. The SMILES string of the molecule is OCC(CO)/N=C/c1ccc(/C=N/C(CO)CO)o1. The highest BCUT2D eigenvalue weighted by Crippen LogP contribution is 2.04. The predicted molar refractivity (Wildman–Crippen MR) is 69.8 cm³/mol. The summed E-state index contributed by atoms with van der Waals surface area (Å²) < 4.78 is 5.34. The Hall–Kier alpha value is -1.54. The molecule has 0 aliphatic heterocycles. The Morgan fingerprint density at radius 1 is 0.842 bits per heavy atom. The zero-order chi connectivity index (χ0) is 14.1. The lowest BCUT2D eigenvalue weighted by molar-refractivity contribution is 0.195. The molecular formula is C12H18N2O5. The van der Waals surface area contributed by atoms with Crippen LogP contribution in [0.3, 0.4) is 0 Å². The van der Waals surface area contributed by atoms with E-state index in [1.807, 2.05) is 0 Å². The van der Waals surface area contributed by atoms with Gasteiger partial charge in [-0.3, -0.25) is 9.98 Å². The van der Waals surface area contributed by atoms with Crippen LogP contribution in [0.5, 0.6) is 0 Å². The summed E-state index contributed by atoms with van der Waals surface area (Å²) in [6.45, 7) is -0.958. The van der Waals surface area contributed by atoms with Crippen LogP contribution in [0, 0.1) is 0 Å². The molecule has 7 heteroatoms. The van der Waals surface area contributed by atoms with Crippen LogP contribution in [0.25, 0.3) is 0 Å². The van der Waals surface area contributed by atoms with Crippen molar-refractivity contribution < 1.29 is 24.8 Å². The van der Waals surface area contributed by atoms with Crippen LogP contribution in [0.1, 0.15) is 11.5 Å². The molecule has 0 aliphatic carbocycles. The standard InChI is InChI=1S/C12H18N2O5/c15-5-9(6-16)13-3-11-1-2-12(19-11)4-14-10(7-17)8-18/h1-4,9-10,15-18H,5-8H2/b13-3+,14-4+. The molecule has 0 spiro atoms. The molecular weight excluding hydrogens is 252 g/mol. The van der Waals surface area contributed by atoms with Gasteiger partial charge in [-0.1, -0.05) is 0 Å². The summed E-state index contributed by atoms with van der Waals surface area (Å²) in [5.41, 5.74) is 0. The van der Waals surface area contributed by atoms with Crippen LogP contribution in [-0.2, 0) is 0 Å². The predicted octanol–water partition coefficient (Wildman–Crippen LogP) is -1.18. The average Bonchev–Trinajstić information content (AvgIpc) is 2.89. The van der Waals surface area contributed by atoms with Crippen molar-refractivity contribution in [3.8, 4) is 0 Å². The summed E-state index contributed by atoms with van der Waals surface area (Å²) in [5, 5.41) is 35.3. The van der Waals surface area contributed by atoms with E-state index in [2.05, 4.69) is 9.98 Å². The van der Waals surface area contributed by atoms with Crippen molar-refractivity contribution in [2.75, 3.05) is 26.4 Å². The minimum absolute atomic E-state index is 0.239. The Labute approximate surface area is 110 Å². The van der Waals surface area contributed by atoms with Crippen molar-refractivity contribution in [2.24, 2.45) is 9.98 Å². The van der Waals surface area contributed by atoms with E-state index in [-0.39, 0.29) is 26.4 Å². The van der Waals surface area contributed by atoms with Gasteiger partial charge in [-0.2, -0.15) is 0 Å². The third-order valence-corrected chi connectivity index (χ3v) is 2.32. The first-order valence-electron chi connectivity index (χ1n) is 5.83. The molecule has 1 rings (SSSR count). The molecule has 1 heterocycles. The molecule has 106 valence electrons. The van der Waals surface area contributed by atoms with Crippen molar-refractivity contribution in [2.45, 2.75) is 12.1 Å². The monoisotopic (exact) mass is 270 g/mol. The molecule has 0 fully saturated rings. The molecule has 0 unspecified atom stereocenters. The molecule has 1 aromatic rings.